The van der Waals surface area contributed by atoms with Gasteiger partial charge in [0.15, 0.2) is 0 Å². The van der Waals surface area contributed by atoms with Gasteiger partial charge in [-0.25, -0.2) is 0 Å². The molecule has 14 heavy (non-hydrogen) atoms. The molecule has 0 unspecified atom stereocenters. The number of nitrogens with zero attached hydrogens (tertiary/aromatic N) is 2. The highest BCUT2D eigenvalue weighted by Gasteiger charge is 2.03. The van der Waals surface area contributed by atoms with Gasteiger partial charge in [-0.3, -0.25) is 0 Å². The number of aryl methyl sites for hydroxylation is 1. The molecule has 1 N–H and O–H groups in total. The lowest BCUT2D eigenvalue weighted by Gasteiger charge is -2.06. The predicted octanol–water partition coefficient (Wildman–Crippen LogP) is 2.07. The van der Waals surface area contributed by atoms with E-state index in [-0.39, 0.29) is 0 Å². The zero-order valence-electron chi connectivity index (χ0n) is 7.99. The highest BCUT2D eigenvalue weighted by atomic mass is 14.9. The molecule has 0 aliphatic carbocycles. The van der Waals surface area contributed by atoms with E-state index in [1.807, 2.05) is 43.3 Å². The molecule has 3 nitrogen and oxygen atoms in total. The number of nitriles is 2. The third-order valence-electron chi connectivity index (χ3n) is 1.84. The number of nitrogens with one attached hydrogen (secondary N) is 1. The van der Waals surface area contributed by atoms with Gasteiger partial charge in [-0.1, -0.05) is 12.1 Å². The Bertz CT molecular complexity index is 370. The summed E-state index contributed by atoms with van der Waals surface area (Å²) in [7, 11) is 0. The summed E-state index contributed by atoms with van der Waals surface area (Å²) in [5, 5.41) is 20.1. The quantitative estimate of drug-likeness (QED) is 0.784. The van der Waals surface area contributed by atoms with Crippen LogP contribution in [-0.2, 0) is 0 Å². The van der Waals surface area contributed by atoms with E-state index in [1.54, 1.807) is 0 Å². The van der Waals surface area contributed by atoms with Gasteiger partial charge in [0.25, 0.3) is 0 Å². The van der Waals surface area contributed by atoms with Gasteiger partial charge in [0.05, 0.1) is 12.1 Å². The molecule has 0 atom stereocenters. The molecule has 0 aliphatic rings. The average Bonchev–Trinajstić information content (AvgIpc) is 2.19. The molecule has 0 aromatic heterocycles. The van der Waals surface area contributed by atoms with E-state index >= 15 is 0 Å². The Hall–Kier alpha value is -2.00. The maximum Gasteiger partial charge on any atom is 0.150 e. The van der Waals surface area contributed by atoms with Crippen molar-refractivity contribution in [2.45, 2.75) is 6.92 Å². The molecule has 70 valence electrons. The molecule has 0 amide bonds. The predicted molar refractivity (Wildman–Crippen MR) is 54.4 cm³/mol. The summed E-state index contributed by atoms with van der Waals surface area (Å²) >= 11 is 0. The monoisotopic (exact) mass is 185 g/mol. The number of benzene rings is 1. The Morgan fingerprint density at radius 3 is 2.64 bits per heavy atom. The van der Waals surface area contributed by atoms with Gasteiger partial charge in [-0.05, 0) is 24.6 Å². The highest BCUT2D eigenvalue weighted by Crippen LogP contribution is 2.09. The molecule has 1 aromatic carbocycles. The van der Waals surface area contributed by atoms with Crippen molar-refractivity contribution < 1.29 is 0 Å². The Kier molecular flexibility index (Phi) is 3.52. The SMILES string of the molecule is Cc1cccc(NCC(C#N)C#N)c1. The zero-order valence-corrected chi connectivity index (χ0v) is 7.99. The summed E-state index contributed by atoms with van der Waals surface area (Å²) in [4.78, 5) is 0. The first-order valence-corrected chi connectivity index (χ1v) is 4.36. The van der Waals surface area contributed by atoms with Crippen molar-refractivity contribution in [1.29, 1.82) is 10.5 Å². The Morgan fingerprint density at radius 1 is 1.36 bits per heavy atom. The summed E-state index contributed by atoms with van der Waals surface area (Å²) in [6.07, 6.45) is 0. The van der Waals surface area contributed by atoms with Gasteiger partial charge in [-0.2, -0.15) is 10.5 Å². The fourth-order valence-electron chi connectivity index (χ4n) is 1.10. The Balaban J connectivity index is 2.55. The Morgan fingerprint density at radius 2 is 2.07 bits per heavy atom. The number of hydrogen-bond donors (Lipinski definition) is 1. The van der Waals surface area contributed by atoms with Crippen molar-refractivity contribution in [2.75, 3.05) is 11.9 Å². The first kappa shape index (κ1) is 10.1. The summed E-state index contributed by atoms with van der Waals surface area (Å²) in [6, 6.07) is 11.7. The van der Waals surface area contributed by atoms with E-state index in [0.29, 0.717) is 6.54 Å². The second kappa shape index (κ2) is 4.89. The van der Waals surface area contributed by atoms with Crippen LogP contribution in [0, 0.1) is 35.5 Å². The Labute approximate surface area is 83.6 Å². The first-order valence-electron chi connectivity index (χ1n) is 4.36. The van der Waals surface area contributed by atoms with Gasteiger partial charge < -0.3 is 5.32 Å². The van der Waals surface area contributed by atoms with Gasteiger partial charge in [0.2, 0.25) is 0 Å². The zero-order chi connectivity index (χ0) is 10.4. The van der Waals surface area contributed by atoms with Crippen LogP contribution in [0.4, 0.5) is 5.69 Å². The third kappa shape index (κ3) is 2.80. The third-order valence-corrected chi connectivity index (χ3v) is 1.84. The number of hydrogen-bond acceptors (Lipinski definition) is 3. The topological polar surface area (TPSA) is 59.6 Å². The molecular formula is C11H11N3. The van der Waals surface area contributed by atoms with Crippen LogP contribution in [0.25, 0.3) is 0 Å². The summed E-state index contributed by atoms with van der Waals surface area (Å²) < 4.78 is 0. The van der Waals surface area contributed by atoms with Crippen LogP contribution in [0.5, 0.6) is 0 Å². The van der Waals surface area contributed by atoms with E-state index in [0.717, 1.165) is 11.3 Å². The minimum absolute atomic E-state index is 0.371. The molecule has 0 radical (unpaired) electrons. The number of anilines is 1. The van der Waals surface area contributed by atoms with Crippen molar-refractivity contribution in [3.8, 4) is 12.1 Å². The molecule has 0 saturated heterocycles. The van der Waals surface area contributed by atoms with Gasteiger partial charge >= 0.3 is 0 Å². The van der Waals surface area contributed by atoms with Crippen LogP contribution in [0.1, 0.15) is 5.56 Å². The molecular weight excluding hydrogens is 174 g/mol. The van der Waals surface area contributed by atoms with Crippen LogP contribution in [0.3, 0.4) is 0 Å². The largest absolute Gasteiger partial charge is 0.383 e. The molecule has 0 heterocycles. The number of rotatable bonds is 3. The summed E-state index contributed by atoms with van der Waals surface area (Å²) in [5.74, 6) is -0.587. The summed E-state index contributed by atoms with van der Waals surface area (Å²) in [5.41, 5.74) is 2.10. The maximum atomic E-state index is 8.55. The second-order valence-electron chi connectivity index (χ2n) is 3.06. The fourth-order valence-corrected chi connectivity index (χ4v) is 1.10. The lowest BCUT2D eigenvalue weighted by Crippen LogP contribution is -2.10. The molecule has 1 aromatic rings. The van der Waals surface area contributed by atoms with Crippen LogP contribution in [0.15, 0.2) is 24.3 Å². The van der Waals surface area contributed by atoms with Gasteiger partial charge in [-0.15, -0.1) is 0 Å². The van der Waals surface area contributed by atoms with Gasteiger partial charge in [0.1, 0.15) is 5.92 Å². The first-order chi connectivity index (χ1) is 6.76. The van der Waals surface area contributed by atoms with Crippen LogP contribution >= 0.6 is 0 Å². The standard InChI is InChI=1S/C11H11N3/c1-9-3-2-4-11(5-9)14-8-10(6-12)7-13/h2-5,10,14H,8H2,1H3. The lowest BCUT2D eigenvalue weighted by atomic mass is 10.2. The van der Waals surface area contributed by atoms with Crippen LogP contribution in [-0.4, -0.2) is 6.54 Å². The fraction of sp³-hybridized carbons (Fsp3) is 0.273. The molecule has 0 aliphatic heterocycles. The van der Waals surface area contributed by atoms with Crippen LogP contribution in [0.2, 0.25) is 0 Å². The van der Waals surface area contributed by atoms with E-state index in [4.69, 9.17) is 10.5 Å². The van der Waals surface area contributed by atoms with E-state index in [1.165, 1.54) is 0 Å². The van der Waals surface area contributed by atoms with E-state index < -0.39 is 5.92 Å². The molecule has 0 fully saturated rings. The highest BCUT2D eigenvalue weighted by molar-refractivity contribution is 5.45. The smallest absolute Gasteiger partial charge is 0.150 e. The van der Waals surface area contributed by atoms with Crippen LogP contribution < -0.4 is 5.32 Å². The maximum absolute atomic E-state index is 8.55. The molecule has 0 spiro atoms. The minimum Gasteiger partial charge on any atom is -0.383 e. The van der Waals surface area contributed by atoms with Crippen molar-refractivity contribution >= 4 is 5.69 Å². The second-order valence-corrected chi connectivity index (χ2v) is 3.06. The lowest BCUT2D eigenvalue weighted by molar-refractivity contribution is 0.888. The van der Waals surface area contributed by atoms with E-state index in [9.17, 15) is 0 Å². The normalized spacial score (nSPS) is 9.14. The average molecular weight is 185 g/mol. The minimum atomic E-state index is -0.587. The molecule has 3 heteroatoms. The van der Waals surface area contributed by atoms with Gasteiger partial charge in [0, 0.05) is 12.2 Å². The van der Waals surface area contributed by atoms with Crippen molar-refractivity contribution in [2.24, 2.45) is 5.92 Å². The summed E-state index contributed by atoms with van der Waals surface area (Å²) in [6.45, 7) is 2.37. The van der Waals surface area contributed by atoms with E-state index in [2.05, 4.69) is 5.32 Å². The molecule has 0 saturated carbocycles. The van der Waals surface area contributed by atoms with Crippen molar-refractivity contribution in [3.05, 3.63) is 29.8 Å². The molecule has 0 bridgehead atoms. The van der Waals surface area contributed by atoms with Crippen molar-refractivity contribution in [1.82, 2.24) is 0 Å². The molecule has 1 rings (SSSR count). The van der Waals surface area contributed by atoms with Crippen molar-refractivity contribution in [3.63, 3.8) is 0 Å².